The lowest BCUT2D eigenvalue weighted by Crippen LogP contribution is -2.39. The minimum atomic E-state index is -4.11. The van der Waals surface area contributed by atoms with Gasteiger partial charge in [-0.1, -0.05) is 0 Å². The highest BCUT2D eigenvalue weighted by atomic mass is 19.4. The lowest BCUT2D eigenvalue weighted by molar-refractivity contribution is -0.147. The minimum Gasteiger partial charge on any atom is -0.399 e. The molecule has 1 aliphatic rings. The van der Waals surface area contributed by atoms with E-state index in [-0.39, 0.29) is 5.92 Å². The van der Waals surface area contributed by atoms with Crippen LogP contribution in [0.15, 0.2) is 18.3 Å². The Balaban J connectivity index is 1.91. The Labute approximate surface area is 104 Å². The predicted octanol–water partition coefficient (Wildman–Crippen LogP) is 2.41. The molecule has 0 spiro atoms. The molecule has 0 bridgehead atoms. The molecule has 0 aromatic carbocycles. The van der Waals surface area contributed by atoms with Gasteiger partial charge in [-0.15, -0.1) is 0 Å². The highest BCUT2D eigenvalue weighted by Gasteiger charge is 2.32. The Morgan fingerprint density at radius 1 is 1.33 bits per heavy atom. The molecule has 0 unspecified atom stereocenters. The van der Waals surface area contributed by atoms with E-state index < -0.39 is 12.7 Å². The van der Waals surface area contributed by atoms with Crippen molar-refractivity contribution >= 4 is 5.69 Å². The molecule has 3 nitrogen and oxygen atoms in total. The average molecular weight is 259 g/mol. The van der Waals surface area contributed by atoms with Crippen LogP contribution in [0.2, 0.25) is 0 Å². The molecular weight excluding hydrogens is 243 g/mol. The van der Waals surface area contributed by atoms with E-state index in [2.05, 4.69) is 4.98 Å². The van der Waals surface area contributed by atoms with E-state index in [9.17, 15) is 13.2 Å². The van der Waals surface area contributed by atoms with Crippen LogP contribution in [0.1, 0.15) is 24.5 Å². The fraction of sp³-hybridized carbons (Fsp3) is 0.583. The van der Waals surface area contributed by atoms with Gasteiger partial charge in [-0.3, -0.25) is 9.88 Å². The molecule has 0 atom stereocenters. The third-order valence-corrected chi connectivity index (χ3v) is 3.21. The van der Waals surface area contributed by atoms with Gasteiger partial charge < -0.3 is 5.73 Å². The van der Waals surface area contributed by atoms with Gasteiger partial charge in [0.2, 0.25) is 0 Å². The van der Waals surface area contributed by atoms with Crippen molar-refractivity contribution < 1.29 is 13.2 Å². The number of pyridine rings is 1. The minimum absolute atomic E-state index is 0.220. The Hall–Kier alpha value is -1.30. The number of aromatic nitrogens is 1. The van der Waals surface area contributed by atoms with E-state index in [1.54, 1.807) is 12.3 Å². The van der Waals surface area contributed by atoms with Gasteiger partial charge in [0, 0.05) is 23.5 Å². The highest BCUT2D eigenvalue weighted by molar-refractivity contribution is 5.38. The number of hydrogen-bond donors (Lipinski definition) is 1. The van der Waals surface area contributed by atoms with Gasteiger partial charge >= 0.3 is 6.18 Å². The van der Waals surface area contributed by atoms with Gasteiger partial charge in [0.25, 0.3) is 0 Å². The molecule has 2 rings (SSSR count). The standard InChI is InChI=1S/C12H16F3N3/c13-12(14,15)8-18-5-2-9(3-6-18)11-7-10(16)1-4-17-11/h1,4,7,9H,2-3,5-6,8H2,(H2,16,17). The largest absolute Gasteiger partial charge is 0.401 e. The SMILES string of the molecule is Nc1ccnc(C2CCN(CC(F)(F)F)CC2)c1. The van der Waals surface area contributed by atoms with Crippen molar-refractivity contribution in [3.8, 4) is 0 Å². The van der Waals surface area contributed by atoms with Crippen LogP contribution in [-0.4, -0.2) is 35.7 Å². The van der Waals surface area contributed by atoms with E-state index >= 15 is 0 Å². The monoisotopic (exact) mass is 259 g/mol. The zero-order chi connectivity index (χ0) is 13.2. The number of halogens is 3. The van der Waals surface area contributed by atoms with Crippen LogP contribution in [0.25, 0.3) is 0 Å². The molecule has 2 N–H and O–H groups in total. The third kappa shape index (κ3) is 3.60. The maximum absolute atomic E-state index is 12.2. The van der Waals surface area contributed by atoms with Crippen LogP contribution in [0.3, 0.4) is 0 Å². The quantitative estimate of drug-likeness (QED) is 0.886. The van der Waals surface area contributed by atoms with Crippen molar-refractivity contribution in [1.82, 2.24) is 9.88 Å². The first-order valence-electron chi connectivity index (χ1n) is 5.94. The van der Waals surface area contributed by atoms with Gasteiger partial charge in [-0.2, -0.15) is 13.2 Å². The zero-order valence-electron chi connectivity index (χ0n) is 9.95. The summed E-state index contributed by atoms with van der Waals surface area (Å²) in [5.74, 6) is 0.220. The number of piperidine rings is 1. The molecule has 0 saturated carbocycles. The molecule has 0 aliphatic carbocycles. The molecule has 100 valence electrons. The highest BCUT2D eigenvalue weighted by Crippen LogP contribution is 2.29. The number of nitrogens with two attached hydrogens (primary N) is 1. The maximum atomic E-state index is 12.2. The van der Waals surface area contributed by atoms with Gasteiger partial charge in [0.05, 0.1) is 6.54 Å². The van der Waals surface area contributed by atoms with Gasteiger partial charge in [-0.25, -0.2) is 0 Å². The van der Waals surface area contributed by atoms with E-state index in [0.29, 0.717) is 31.6 Å². The zero-order valence-corrected chi connectivity index (χ0v) is 9.95. The first-order valence-corrected chi connectivity index (χ1v) is 5.94. The van der Waals surface area contributed by atoms with E-state index in [1.165, 1.54) is 4.90 Å². The molecule has 18 heavy (non-hydrogen) atoms. The normalized spacial score (nSPS) is 19.1. The molecular formula is C12H16F3N3. The van der Waals surface area contributed by atoms with Crippen molar-refractivity contribution in [2.75, 3.05) is 25.4 Å². The number of rotatable bonds is 2. The molecule has 1 fully saturated rings. The topological polar surface area (TPSA) is 42.1 Å². The smallest absolute Gasteiger partial charge is 0.399 e. The van der Waals surface area contributed by atoms with Gasteiger partial charge in [-0.05, 0) is 38.1 Å². The fourth-order valence-corrected chi connectivity index (χ4v) is 2.33. The van der Waals surface area contributed by atoms with Crippen molar-refractivity contribution in [3.63, 3.8) is 0 Å². The van der Waals surface area contributed by atoms with Crippen LogP contribution < -0.4 is 5.73 Å². The molecule has 1 aromatic rings. The van der Waals surface area contributed by atoms with Gasteiger partial charge in [0.1, 0.15) is 0 Å². The van der Waals surface area contributed by atoms with Crippen LogP contribution in [0.4, 0.5) is 18.9 Å². The average Bonchev–Trinajstić information content (AvgIpc) is 2.28. The molecule has 0 radical (unpaired) electrons. The number of nitrogen functional groups attached to an aromatic ring is 1. The number of hydrogen-bond acceptors (Lipinski definition) is 3. The molecule has 6 heteroatoms. The van der Waals surface area contributed by atoms with Crippen molar-refractivity contribution in [2.45, 2.75) is 24.9 Å². The van der Waals surface area contributed by atoms with E-state index in [1.807, 2.05) is 6.07 Å². The Kier molecular flexibility index (Phi) is 3.75. The summed E-state index contributed by atoms with van der Waals surface area (Å²) in [5.41, 5.74) is 7.22. The summed E-state index contributed by atoms with van der Waals surface area (Å²) >= 11 is 0. The maximum Gasteiger partial charge on any atom is 0.401 e. The first kappa shape index (κ1) is 13.1. The molecule has 1 saturated heterocycles. The fourth-order valence-electron chi connectivity index (χ4n) is 2.33. The van der Waals surface area contributed by atoms with Crippen LogP contribution in [-0.2, 0) is 0 Å². The lowest BCUT2D eigenvalue weighted by atomic mass is 9.93. The second kappa shape index (κ2) is 5.14. The van der Waals surface area contributed by atoms with E-state index in [0.717, 1.165) is 5.69 Å². The van der Waals surface area contributed by atoms with Crippen molar-refractivity contribution in [1.29, 1.82) is 0 Å². The third-order valence-electron chi connectivity index (χ3n) is 3.21. The number of nitrogens with zero attached hydrogens (tertiary/aromatic N) is 2. The lowest BCUT2D eigenvalue weighted by Gasteiger charge is -2.32. The summed E-state index contributed by atoms with van der Waals surface area (Å²) in [6.07, 6.45) is -1.06. The summed E-state index contributed by atoms with van der Waals surface area (Å²) < 4.78 is 36.7. The second-order valence-electron chi connectivity index (χ2n) is 4.68. The summed E-state index contributed by atoms with van der Waals surface area (Å²) in [7, 11) is 0. The van der Waals surface area contributed by atoms with Crippen molar-refractivity contribution in [2.24, 2.45) is 0 Å². The number of likely N-dealkylation sites (tertiary alicyclic amines) is 1. The Bertz CT molecular complexity index is 398. The summed E-state index contributed by atoms with van der Waals surface area (Å²) in [6, 6.07) is 3.52. The van der Waals surface area contributed by atoms with Crippen LogP contribution >= 0.6 is 0 Å². The predicted molar refractivity (Wildman–Crippen MR) is 63.1 cm³/mol. The Morgan fingerprint density at radius 2 is 2.00 bits per heavy atom. The molecule has 2 heterocycles. The second-order valence-corrected chi connectivity index (χ2v) is 4.68. The summed E-state index contributed by atoms with van der Waals surface area (Å²) in [5, 5.41) is 0. The van der Waals surface area contributed by atoms with Crippen LogP contribution in [0.5, 0.6) is 0 Å². The number of anilines is 1. The summed E-state index contributed by atoms with van der Waals surface area (Å²) in [6.45, 7) is 0.103. The molecule has 1 aliphatic heterocycles. The first-order chi connectivity index (χ1) is 8.44. The number of alkyl halides is 3. The molecule has 1 aromatic heterocycles. The summed E-state index contributed by atoms with van der Waals surface area (Å²) in [4.78, 5) is 5.69. The van der Waals surface area contributed by atoms with Crippen molar-refractivity contribution in [3.05, 3.63) is 24.0 Å². The Morgan fingerprint density at radius 3 is 2.56 bits per heavy atom. The van der Waals surface area contributed by atoms with Crippen LogP contribution in [0, 0.1) is 0 Å². The molecule has 0 amide bonds. The van der Waals surface area contributed by atoms with Gasteiger partial charge in [0.15, 0.2) is 0 Å². The van der Waals surface area contributed by atoms with E-state index in [4.69, 9.17) is 5.73 Å².